The predicted molar refractivity (Wildman–Crippen MR) is 84.3 cm³/mol. The number of rotatable bonds is 4. The SMILES string of the molecule is C[C@@H](Oc1ccccc1)C(=O)Nc1ccc(I)cc1F. The second-order valence-electron chi connectivity index (χ2n) is 4.19. The molecule has 0 saturated carbocycles. The molecule has 0 radical (unpaired) electrons. The van der Waals surface area contributed by atoms with Crippen molar-refractivity contribution in [3.8, 4) is 5.75 Å². The largest absolute Gasteiger partial charge is 0.481 e. The van der Waals surface area contributed by atoms with Gasteiger partial charge in [-0.2, -0.15) is 0 Å². The molecule has 0 spiro atoms. The summed E-state index contributed by atoms with van der Waals surface area (Å²) in [7, 11) is 0. The minimum Gasteiger partial charge on any atom is -0.481 e. The van der Waals surface area contributed by atoms with Crippen LogP contribution in [-0.2, 0) is 4.79 Å². The van der Waals surface area contributed by atoms with Crippen LogP contribution in [0.25, 0.3) is 0 Å². The summed E-state index contributed by atoms with van der Waals surface area (Å²) >= 11 is 2.01. The van der Waals surface area contributed by atoms with Gasteiger partial charge in [0.1, 0.15) is 11.6 Å². The number of carbonyl (C=O) groups excluding carboxylic acids is 1. The van der Waals surface area contributed by atoms with Crippen LogP contribution < -0.4 is 10.1 Å². The molecule has 0 aliphatic carbocycles. The third-order valence-electron chi connectivity index (χ3n) is 2.61. The first-order valence-electron chi connectivity index (χ1n) is 6.04. The smallest absolute Gasteiger partial charge is 0.265 e. The molecule has 0 heterocycles. The maximum atomic E-state index is 13.6. The first kappa shape index (κ1) is 14.8. The van der Waals surface area contributed by atoms with Crippen LogP contribution in [-0.4, -0.2) is 12.0 Å². The monoisotopic (exact) mass is 385 g/mol. The van der Waals surface area contributed by atoms with Gasteiger partial charge in [0.2, 0.25) is 0 Å². The zero-order valence-corrected chi connectivity index (χ0v) is 12.9. The summed E-state index contributed by atoms with van der Waals surface area (Å²) < 4.78 is 19.9. The number of anilines is 1. The Kier molecular flexibility index (Phi) is 4.94. The standard InChI is InChI=1S/C15H13FINO2/c1-10(20-12-5-3-2-4-6-12)15(19)18-14-8-7-11(17)9-13(14)16/h2-10H,1H3,(H,18,19)/t10-/m1/s1. The average molecular weight is 385 g/mol. The van der Waals surface area contributed by atoms with E-state index >= 15 is 0 Å². The van der Waals surface area contributed by atoms with Crippen LogP contribution in [0, 0.1) is 9.39 Å². The van der Waals surface area contributed by atoms with Crippen molar-refractivity contribution in [3.05, 3.63) is 57.9 Å². The number of ether oxygens (including phenoxy) is 1. The van der Waals surface area contributed by atoms with E-state index < -0.39 is 17.8 Å². The summed E-state index contributed by atoms with van der Waals surface area (Å²) in [5.41, 5.74) is 0.152. The molecule has 1 amide bonds. The number of para-hydroxylation sites is 1. The van der Waals surface area contributed by atoms with Gasteiger partial charge in [0.25, 0.3) is 5.91 Å². The van der Waals surface area contributed by atoms with Gasteiger partial charge in [0.05, 0.1) is 5.69 Å². The fraction of sp³-hybridized carbons (Fsp3) is 0.133. The Labute approximate surface area is 130 Å². The van der Waals surface area contributed by atoms with E-state index in [1.807, 2.05) is 40.8 Å². The van der Waals surface area contributed by atoms with Crippen LogP contribution in [0.2, 0.25) is 0 Å². The number of halogens is 2. The Bertz CT molecular complexity index is 604. The van der Waals surface area contributed by atoms with Gasteiger partial charge >= 0.3 is 0 Å². The van der Waals surface area contributed by atoms with Crippen molar-refractivity contribution in [1.82, 2.24) is 0 Å². The molecule has 20 heavy (non-hydrogen) atoms. The van der Waals surface area contributed by atoms with Crippen molar-refractivity contribution in [2.45, 2.75) is 13.0 Å². The molecule has 5 heteroatoms. The van der Waals surface area contributed by atoms with Gasteiger partial charge in [0, 0.05) is 3.57 Å². The Balaban J connectivity index is 2.01. The number of hydrogen-bond acceptors (Lipinski definition) is 2. The van der Waals surface area contributed by atoms with Crippen LogP contribution >= 0.6 is 22.6 Å². The lowest BCUT2D eigenvalue weighted by Crippen LogP contribution is -2.30. The summed E-state index contributed by atoms with van der Waals surface area (Å²) in [5.74, 6) is -0.260. The molecule has 1 N–H and O–H groups in total. The fourth-order valence-corrected chi connectivity index (χ4v) is 2.04. The molecule has 0 aliphatic rings. The Hall–Kier alpha value is -1.63. The molecule has 2 aromatic carbocycles. The van der Waals surface area contributed by atoms with E-state index in [4.69, 9.17) is 4.74 Å². The highest BCUT2D eigenvalue weighted by Crippen LogP contribution is 2.18. The third-order valence-corrected chi connectivity index (χ3v) is 3.29. The van der Waals surface area contributed by atoms with Crippen molar-refractivity contribution in [3.63, 3.8) is 0 Å². The highest BCUT2D eigenvalue weighted by Gasteiger charge is 2.16. The number of benzene rings is 2. The molecule has 2 aromatic rings. The molecule has 0 unspecified atom stereocenters. The molecule has 3 nitrogen and oxygen atoms in total. The minimum atomic E-state index is -0.712. The van der Waals surface area contributed by atoms with Crippen LogP contribution in [0.1, 0.15) is 6.92 Å². The highest BCUT2D eigenvalue weighted by molar-refractivity contribution is 14.1. The average Bonchev–Trinajstić information content (AvgIpc) is 2.43. The van der Waals surface area contributed by atoms with Crippen LogP contribution in [0.3, 0.4) is 0 Å². The molecule has 0 saturated heterocycles. The summed E-state index contributed by atoms with van der Waals surface area (Å²) in [4.78, 5) is 11.9. The highest BCUT2D eigenvalue weighted by atomic mass is 127. The van der Waals surface area contributed by atoms with Gasteiger partial charge < -0.3 is 10.1 Å². The maximum Gasteiger partial charge on any atom is 0.265 e. The van der Waals surface area contributed by atoms with Crippen molar-refractivity contribution in [1.29, 1.82) is 0 Å². The van der Waals surface area contributed by atoms with Crippen molar-refractivity contribution in [2.24, 2.45) is 0 Å². The molecule has 0 aromatic heterocycles. The number of hydrogen-bond donors (Lipinski definition) is 1. The van der Waals surface area contributed by atoms with Crippen LogP contribution in [0.4, 0.5) is 10.1 Å². The topological polar surface area (TPSA) is 38.3 Å². The Morgan fingerprint density at radius 2 is 1.95 bits per heavy atom. The molecular formula is C15H13FINO2. The number of amides is 1. The van der Waals surface area contributed by atoms with Gasteiger partial charge in [-0.25, -0.2) is 4.39 Å². The first-order valence-corrected chi connectivity index (χ1v) is 7.12. The quantitative estimate of drug-likeness (QED) is 0.813. The van der Waals surface area contributed by atoms with Gasteiger partial charge in [-0.1, -0.05) is 18.2 Å². The lowest BCUT2D eigenvalue weighted by molar-refractivity contribution is -0.122. The van der Waals surface area contributed by atoms with E-state index in [1.165, 1.54) is 12.1 Å². The van der Waals surface area contributed by atoms with Crippen LogP contribution in [0.15, 0.2) is 48.5 Å². The molecule has 1 atom stereocenters. The van der Waals surface area contributed by atoms with E-state index in [-0.39, 0.29) is 5.69 Å². The van der Waals surface area contributed by atoms with Gasteiger partial charge in [-0.05, 0) is 59.8 Å². The van der Waals surface area contributed by atoms with E-state index in [1.54, 1.807) is 25.1 Å². The van der Waals surface area contributed by atoms with Gasteiger partial charge in [-0.15, -0.1) is 0 Å². The van der Waals surface area contributed by atoms with E-state index in [9.17, 15) is 9.18 Å². The maximum absolute atomic E-state index is 13.6. The normalized spacial score (nSPS) is 11.8. The zero-order chi connectivity index (χ0) is 14.5. The van der Waals surface area contributed by atoms with Gasteiger partial charge in [0.15, 0.2) is 6.10 Å². The lowest BCUT2D eigenvalue weighted by atomic mass is 10.3. The molecule has 104 valence electrons. The second kappa shape index (κ2) is 6.69. The van der Waals surface area contributed by atoms with E-state index in [0.29, 0.717) is 5.75 Å². The summed E-state index contributed by atoms with van der Waals surface area (Å²) in [6, 6.07) is 13.6. The summed E-state index contributed by atoms with van der Waals surface area (Å²) in [6.07, 6.45) is -0.712. The minimum absolute atomic E-state index is 0.152. The predicted octanol–water partition coefficient (Wildman–Crippen LogP) is 3.84. The summed E-state index contributed by atoms with van der Waals surface area (Å²) in [6.45, 7) is 1.62. The van der Waals surface area contributed by atoms with Crippen molar-refractivity contribution >= 4 is 34.2 Å². The van der Waals surface area contributed by atoms with Gasteiger partial charge in [-0.3, -0.25) is 4.79 Å². The third kappa shape index (κ3) is 3.93. The van der Waals surface area contributed by atoms with E-state index in [2.05, 4.69) is 5.32 Å². The van der Waals surface area contributed by atoms with Crippen molar-refractivity contribution < 1.29 is 13.9 Å². The lowest BCUT2D eigenvalue weighted by Gasteiger charge is -2.15. The summed E-state index contributed by atoms with van der Waals surface area (Å²) in [5, 5.41) is 2.52. The van der Waals surface area contributed by atoms with Crippen LogP contribution in [0.5, 0.6) is 5.75 Å². The first-order chi connectivity index (χ1) is 9.56. The van der Waals surface area contributed by atoms with E-state index in [0.717, 1.165) is 3.57 Å². The van der Waals surface area contributed by atoms with Crippen molar-refractivity contribution in [2.75, 3.05) is 5.32 Å². The number of carbonyl (C=O) groups is 1. The molecular weight excluding hydrogens is 372 g/mol. The Morgan fingerprint density at radius 1 is 1.25 bits per heavy atom. The zero-order valence-electron chi connectivity index (χ0n) is 10.8. The molecule has 0 bridgehead atoms. The molecule has 0 aliphatic heterocycles. The second-order valence-corrected chi connectivity index (χ2v) is 5.43. The molecule has 2 rings (SSSR count). The molecule has 0 fully saturated rings. The number of nitrogens with one attached hydrogen (secondary N) is 1. The fourth-order valence-electron chi connectivity index (χ4n) is 1.58. The Morgan fingerprint density at radius 3 is 2.60 bits per heavy atom.